The fourth-order valence-electron chi connectivity index (χ4n) is 6.53. The van der Waals surface area contributed by atoms with Crippen molar-refractivity contribution in [3.8, 4) is 0 Å². The molecule has 0 heterocycles. The van der Waals surface area contributed by atoms with E-state index >= 15 is 0 Å². The molecule has 0 saturated carbocycles. The Morgan fingerprint density at radius 3 is 0.683 bits per heavy atom. The topological polar surface area (TPSA) is 82.3 Å². The first-order valence-corrected chi connectivity index (χ1v) is 17.3. The van der Waals surface area contributed by atoms with Crippen molar-refractivity contribution in [2.45, 2.75) is 24.7 Å². The SMILES string of the molecule is O=C1c2c(Nc3cccc(C(F)(F)F)c3)ccc(Nc3cccc(C(F)(F)F)c3)c2C(=O)c2c(Nc3cccc(C(F)(F)F)c3)ccc(Nc3cccc(C(F)(F)F)c3)c21. The van der Waals surface area contributed by atoms with Crippen LogP contribution in [0.3, 0.4) is 0 Å². The number of benzene rings is 6. The van der Waals surface area contributed by atoms with E-state index in [9.17, 15) is 62.3 Å². The van der Waals surface area contributed by atoms with E-state index in [1.165, 1.54) is 48.5 Å². The third-order valence-corrected chi connectivity index (χ3v) is 9.19. The molecule has 0 aliphatic heterocycles. The average molecular weight is 845 g/mol. The molecule has 0 atom stereocenters. The molecule has 0 aromatic heterocycles. The highest BCUT2D eigenvalue weighted by atomic mass is 19.4. The lowest BCUT2D eigenvalue weighted by molar-refractivity contribution is -0.138. The van der Waals surface area contributed by atoms with Crippen molar-refractivity contribution in [3.63, 3.8) is 0 Å². The maximum absolute atomic E-state index is 15.0. The third-order valence-electron chi connectivity index (χ3n) is 9.19. The summed E-state index contributed by atoms with van der Waals surface area (Å²) in [5.74, 6) is -2.10. The molecule has 60 heavy (non-hydrogen) atoms. The van der Waals surface area contributed by atoms with Gasteiger partial charge in [-0.1, -0.05) is 24.3 Å². The fourth-order valence-corrected chi connectivity index (χ4v) is 6.53. The van der Waals surface area contributed by atoms with Crippen LogP contribution in [0.5, 0.6) is 0 Å². The monoisotopic (exact) mass is 844 g/mol. The van der Waals surface area contributed by atoms with Gasteiger partial charge in [-0.2, -0.15) is 52.7 Å². The summed E-state index contributed by atoms with van der Waals surface area (Å²) in [4.78, 5) is 29.9. The zero-order chi connectivity index (χ0) is 43.4. The minimum absolute atomic E-state index is 0.209. The average Bonchev–Trinajstić information content (AvgIpc) is 3.17. The Labute approximate surface area is 330 Å². The van der Waals surface area contributed by atoms with E-state index in [4.69, 9.17) is 0 Å². The number of carbonyl (C=O) groups excluding carboxylic acids is 2. The van der Waals surface area contributed by atoms with Gasteiger partial charge in [-0.3, -0.25) is 9.59 Å². The highest BCUT2D eigenvalue weighted by molar-refractivity contribution is 6.35. The van der Waals surface area contributed by atoms with Gasteiger partial charge in [-0.05, 0) is 97.1 Å². The van der Waals surface area contributed by atoms with Gasteiger partial charge in [-0.25, -0.2) is 0 Å². The Balaban J connectivity index is 1.44. The van der Waals surface area contributed by atoms with E-state index in [1.807, 2.05) is 0 Å². The van der Waals surface area contributed by atoms with Crippen molar-refractivity contribution in [1.29, 1.82) is 0 Å². The number of hydrogen-bond donors (Lipinski definition) is 4. The van der Waals surface area contributed by atoms with Gasteiger partial charge in [0.25, 0.3) is 0 Å². The van der Waals surface area contributed by atoms with Crippen LogP contribution in [-0.2, 0) is 24.7 Å². The number of hydrogen-bond acceptors (Lipinski definition) is 6. The first-order valence-electron chi connectivity index (χ1n) is 17.3. The van der Waals surface area contributed by atoms with E-state index in [0.29, 0.717) is 24.3 Å². The molecule has 0 bridgehead atoms. The molecule has 308 valence electrons. The second-order valence-electron chi connectivity index (χ2n) is 13.3. The number of fused-ring (bicyclic) bond motifs is 2. The summed E-state index contributed by atoms with van der Waals surface area (Å²) in [6, 6.07) is 19.8. The molecule has 7 rings (SSSR count). The highest BCUT2D eigenvalue weighted by Gasteiger charge is 2.39. The second-order valence-corrected chi connectivity index (χ2v) is 13.3. The van der Waals surface area contributed by atoms with Gasteiger partial charge in [-0.15, -0.1) is 0 Å². The molecule has 6 aromatic carbocycles. The van der Waals surface area contributed by atoms with Crippen LogP contribution in [0.1, 0.15) is 54.1 Å². The molecule has 4 N–H and O–H groups in total. The van der Waals surface area contributed by atoms with Crippen molar-refractivity contribution in [2.75, 3.05) is 21.3 Å². The van der Waals surface area contributed by atoms with Gasteiger partial charge in [0.2, 0.25) is 0 Å². The van der Waals surface area contributed by atoms with Crippen LogP contribution in [0.15, 0.2) is 121 Å². The first-order chi connectivity index (χ1) is 28.1. The summed E-state index contributed by atoms with van der Waals surface area (Å²) in [7, 11) is 0. The molecule has 0 amide bonds. The van der Waals surface area contributed by atoms with Gasteiger partial charge in [0.15, 0.2) is 11.6 Å². The Hall–Kier alpha value is -6.98. The van der Waals surface area contributed by atoms with Crippen LogP contribution in [0.25, 0.3) is 0 Å². The van der Waals surface area contributed by atoms with Gasteiger partial charge in [0.1, 0.15) is 0 Å². The maximum atomic E-state index is 15.0. The highest BCUT2D eigenvalue weighted by Crippen LogP contribution is 2.45. The second kappa shape index (κ2) is 15.0. The van der Waals surface area contributed by atoms with E-state index in [2.05, 4.69) is 21.3 Å². The van der Waals surface area contributed by atoms with E-state index in [1.54, 1.807) is 0 Å². The summed E-state index contributed by atoms with van der Waals surface area (Å²) in [5.41, 5.74) is -8.27. The van der Waals surface area contributed by atoms with Crippen LogP contribution in [0.2, 0.25) is 0 Å². The summed E-state index contributed by atoms with van der Waals surface area (Å²) in [6.07, 6.45) is -19.2. The number of carbonyl (C=O) groups is 2. The van der Waals surface area contributed by atoms with E-state index < -0.39 is 80.8 Å². The van der Waals surface area contributed by atoms with Crippen molar-refractivity contribution in [1.82, 2.24) is 0 Å². The Bertz CT molecular complexity index is 2310. The molecular formula is C42H24F12N4O2. The molecule has 18 heteroatoms. The molecule has 1 aliphatic rings. The smallest absolute Gasteiger partial charge is 0.355 e. The molecule has 0 unspecified atom stereocenters. The number of nitrogens with one attached hydrogen (secondary N) is 4. The summed E-state index contributed by atoms with van der Waals surface area (Å²) in [5, 5.41) is 10.8. The summed E-state index contributed by atoms with van der Waals surface area (Å²) < 4.78 is 164. The number of rotatable bonds is 8. The molecule has 6 aromatic rings. The lowest BCUT2D eigenvalue weighted by Crippen LogP contribution is -2.26. The lowest BCUT2D eigenvalue weighted by atomic mass is 9.80. The first kappa shape index (κ1) is 41.2. The minimum Gasteiger partial charge on any atom is -0.355 e. The predicted molar refractivity (Wildman–Crippen MR) is 199 cm³/mol. The van der Waals surface area contributed by atoms with E-state index in [0.717, 1.165) is 48.5 Å². The zero-order valence-corrected chi connectivity index (χ0v) is 29.9. The molecule has 0 spiro atoms. The minimum atomic E-state index is -4.80. The molecule has 1 aliphatic carbocycles. The van der Waals surface area contributed by atoms with Gasteiger partial charge in [0, 0.05) is 22.7 Å². The largest absolute Gasteiger partial charge is 0.416 e. The van der Waals surface area contributed by atoms with Crippen LogP contribution in [0, 0.1) is 0 Å². The number of halogens is 12. The van der Waals surface area contributed by atoms with Crippen molar-refractivity contribution in [2.24, 2.45) is 0 Å². The maximum Gasteiger partial charge on any atom is 0.416 e. The molecule has 0 fully saturated rings. The standard InChI is InChI=1S/C42H24F12N4O2/c43-39(44,45)21-5-1-9-25(17-21)55-29-13-14-30(56-26-10-2-6-22(18-26)40(46,47)48)34-33(29)37(59)35-31(57-27-11-3-7-23(19-27)41(49,50)51)15-16-32(36(35)38(34)60)58-28-12-4-8-24(20-28)42(52,53)54/h1-20,55-58H. The normalized spacial score (nSPS) is 13.1. The number of alkyl halides is 12. The Kier molecular flexibility index (Phi) is 10.3. The summed E-state index contributed by atoms with van der Waals surface area (Å²) in [6.45, 7) is 0. The van der Waals surface area contributed by atoms with Gasteiger partial charge >= 0.3 is 24.7 Å². The number of anilines is 8. The van der Waals surface area contributed by atoms with Gasteiger partial charge in [0.05, 0.1) is 67.3 Å². The number of ketones is 2. The summed E-state index contributed by atoms with van der Waals surface area (Å²) >= 11 is 0. The quantitative estimate of drug-likeness (QED) is 0.114. The fraction of sp³-hybridized carbons (Fsp3) is 0.0952. The van der Waals surface area contributed by atoms with Crippen LogP contribution < -0.4 is 21.3 Å². The Morgan fingerprint density at radius 2 is 0.500 bits per heavy atom. The van der Waals surface area contributed by atoms with Crippen molar-refractivity contribution < 1.29 is 62.3 Å². The molecule has 0 radical (unpaired) electrons. The van der Waals surface area contributed by atoms with Crippen LogP contribution in [0.4, 0.5) is 98.2 Å². The van der Waals surface area contributed by atoms with Crippen LogP contribution in [-0.4, -0.2) is 11.6 Å². The van der Waals surface area contributed by atoms with E-state index in [-0.39, 0.29) is 45.5 Å². The molecule has 0 saturated heterocycles. The molecular weight excluding hydrogens is 820 g/mol. The zero-order valence-electron chi connectivity index (χ0n) is 29.9. The van der Waals surface area contributed by atoms with Crippen molar-refractivity contribution >= 4 is 57.1 Å². The lowest BCUT2D eigenvalue weighted by Gasteiger charge is -2.28. The predicted octanol–water partition coefficient (Wildman–Crippen LogP) is 13.5. The van der Waals surface area contributed by atoms with Crippen LogP contribution >= 0.6 is 0 Å². The molecule has 6 nitrogen and oxygen atoms in total. The Morgan fingerprint density at radius 1 is 0.300 bits per heavy atom. The third kappa shape index (κ3) is 8.43. The van der Waals surface area contributed by atoms with Gasteiger partial charge < -0.3 is 21.3 Å². The van der Waals surface area contributed by atoms with Crippen molar-refractivity contribution in [3.05, 3.63) is 166 Å².